The maximum Gasteiger partial charge on any atom is 0.262 e. The van der Waals surface area contributed by atoms with E-state index in [9.17, 15) is 14.4 Å². The number of amides is 2. The molecule has 0 unspecified atom stereocenters. The smallest absolute Gasteiger partial charge is 0.262 e. The van der Waals surface area contributed by atoms with Crippen LogP contribution in [-0.2, 0) is 0 Å². The molecule has 0 radical (unpaired) electrons. The van der Waals surface area contributed by atoms with Gasteiger partial charge in [-0.2, -0.15) is 0 Å². The fourth-order valence-electron chi connectivity index (χ4n) is 3.35. The number of pyridine rings is 1. The highest BCUT2D eigenvalue weighted by Crippen LogP contribution is 2.35. The standard InChI is InChI=1S/C20H11ClN4O3S/c21-12-7-9(5-6-10(12)20-23-13-3-1-2-4-14(13)29-20)25-15(26)8-11-16(17(25)22)19(28)24-18(11)27/h1-8H,22H2,(H,24,27,28). The first kappa shape index (κ1) is 17.6. The number of carbonyl (C=O) groups excluding carboxylic acids is 2. The highest BCUT2D eigenvalue weighted by Gasteiger charge is 2.31. The highest BCUT2D eigenvalue weighted by atomic mass is 35.5. The molecular formula is C20H11ClN4O3S. The van der Waals surface area contributed by atoms with E-state index in [0.29, 0.717) is 10.7 Å². The fourth-order valence-corrected chi connectivity index (χ4v) is 4.68. The molecular weight excluding hydrogens is 412 g/mol. The third-order valence-electron chi connectivity index (χ3n) is 4.69. The monoisotopic (exact) mass is 422 g/mol. The van der Waals surface area contributed by atoms with Crippen molar-refractivity contribution in [2.75, 3.05) is 5.73 Å². The molecule has 2 aromatic carbocycles. The van der Waals surface area contributed by atoms with E-state index in [1.807, 2.05) is 24.3 Å². The zero-order chi connectivity index (χ0) is 20.3. The maximum absolute atomic E-state index is 12.6. The van der Waals surface area contributed by atoms with Gasteiger partial charge in [-0.15, -0.1) is 11.3 Å². The van der Waals surface area contributed by atoms with Crippen LogP contribution < -0.4 is 16.6 Å². The van der Waals surface area contributed by atoms with Gasteiger partial charge in [0.1, 0.15) is 10.8 Å². The second-order valence-corrected chi connectivity index (χ2v) is 7.86. The Morgan fingerprint density at radius 2 is 1.79 bits per heavy atom. The Morgan fingerprint density at radius 1 is 1.00 bits per heavy atom. The average Bonchev–Trinajstić information content (AvgIpc) is 3.22. The fraction of sp³-hybridized carbons (Fsp3) is 0. The van der Waals surface area contributed by atoms with Crippen molar-refractivity contribution in [2.45, 2.75) is 0 Å². The number of nitrogen functional groups attached to an aromatic ring is 1. The van der Waals surface area contributed by atoms with Crippen molar-refractivity contribution in [1.29, 1.82) is 0 Å². The Kier molecular flexibility index (Phi) is 3.80. The number of benzene rings is 2. The van der Waals surface area contributed by atoms with E-state index in [1.54, 1.807) is 18.2 Å². The van der Waals surface area contributed by atoms with Gasteiger partial charge in [0.2, 0.25) is 0 Å². The van der Waals surface area contributed by atoms with Gasteiger partial charge in [0.05, 0.1) is 32.1 Å². The lowest BCUT2D eigenvalue weighted by Gasteiger charge is -2.13. The molecule has 2 aromatic heterocycles. The summed E-state index contributed by atoms with van der Waals surface area (Å²) in [7, 11) is 0. The maximum atomic E-state index is 12.6. The van der Waals surface area contributed by atoms with Crippen LogP contribution in [0.5, 0.6) is 0 Å². The highest BCUT2D eigenvalue weighted by molar-refractivity contribution is 7.21. The predicted molar refractivity (Wildman–Crippen MR) is 112 cm³/mol. The Balaban J connectivity index is 1.65. The number of hydrogen-bond acceptors (Lipinski definition) is 6. The molecule has 5 rings (SSSR count). The first-order valence-electron chi connectivity index (χ1n) is 8.51. The van der Waals surface area contributed by atoms with Crippen molar-refractivity contribution < 1.29 is 9.59 Å². The Labute approximate surface area is 172 Å². The number of carbonyl (C=O) groups is 2. The Hall–Kier alpha value is -3.49. The third kappa shape index (κ3) is 2.65. The molecule has 9 heteroatoms. The number of para-hydroxylation sites is 1. The van der Waals surface area contributed by atoms with Crippen LogP contribution in [0.1, 0.15) is 20.7 Å². The number of halogens is 1. The van der Waals surface area contributed by atoms with Crippen molar-refractivity contribution in [2.24, 2.45) is 0 Å². The number of thiazole rings is 1. The minimum Gasteiger partial charge on any atom is -0.384 e. The Morgan fingerprint density at radius 3 is 2.55 bits per heavy atom. The van der Waals surface area contributed by atoms with Crippen LogP contribution in [0.15, 0.2) is 53.3 Å². The van der Waals surface area contributed by atoms with E-state index in [2.05, 4.69) is 10.3 Å². The molecule has 3 N–H and O–H groups in total. The summed E-state index contributed by atoms with van der Waals surface area (Å²) in [5.41, 5.74) is 7.48. The predicted octanol–water partition coefficient (Wildman–Crippen LogP) is 3.23. The van der Waals surface area contributed by atoms with Crippen molar-refractivity contribution in [3.8, 4) is 16.3 Å². The molecule has 1 aliphatic heterocycles. The van der Waals surface area contributed by atoms with Crippen LogP contribution in [0.2, 0.25) is 5.02 Å². The third-order valence-corrected chi connectivity index (χ3v) is 6.07. The second kappa shape index (κ2) is 6.26. The number of nitrogens with two attached hydrogens (primary N) is 1. The second-order valence-electron chi connectivity index (χ2n) is 6.43. The van der Waals surface area contributed by atoms with Crippen molar-refractivity contribution in [3.63, 3.8) is 0 Å². The number of fused-ring (bicyclic) bond motifs is 2. The van der Waals surface area contributed by atoms with Crippen LogP contribution in [0.3, 0.4) is 0 Å². The molecule has 0 bridgehead atoms. The number of rotatable bonds is 2. The number of nitrogens with one attached hydrogen (secondary N) is 1. The number of nitrogens with zero attached hydrogens (tertiary/aromatic N) is 2. The molecule has 0 aliphatic carbocycles. The molecule has 3 heterocycles. The molecule has 0 saturated carbocycles. The molecule has 4 aromatic rings. The summed E-state index contributed by atoms with van der Waals surface area (Å²) in [5, 5.41) is 3.28. The largest absolute Gasteiger partial charge is 0.384 e. The molecule has 0 atom stereocenters. The summed E-state index contributed by atoms with van der Waals surface area (Å²) in [6, 6.07) is 13.9. The minimum atomic E-state index is -0.634. The van der Waals surface area contributed by atoms with Gasteiger partial charge in [0.15, 0.2) is 0 Å². The van der Waals surface area contributed by atoms with Gasteiger partial charge in [0, 0.05) is 11.6 Å². The first-order chi connectivity index (χ1) is 13.9. The molecule has 2 amide bonds. The summed E-state index contributed by atoms with van der Waals surface area (Å²) < 4.78 is 2.20. The van der Waals surface area contributed by atoms with Crippen LogP contribution in [0, 0.1) is 0 Å². The summed E-state index contributed by atoms with van der Waals surface area (Å²) in [5.74, 6) is -1.38. The van der Waals surface area contributed by atoms with Gasteiger partial charge in [-0.05, 0) is 30.3 Å². The zero-order valence-electron chi connectivity index (χ0n) is 14.6. The van der Waals surface area contributed by atoms with Gasteiger partial charge >= 0.3 is 0 Å². The number of hydrogen-bond donors (Lipinski definition) is 2. The van der Waals surface area contributed by atoms with Gasteiger partial charge < -0.3 is 5.73 Å². The molecule has 0 saturated heterocycles. The van der Waals surface area contributed by atoms with Crippen molar-refractivity contribution >= 4 is 50.8 Å². The number of anilines is 1. The average molecular weight is 423 g/mol. The molecule has 1 aliphatic rings. The summed E-state index contributed by atoms with van der Waals surface area (Å²) in [6.07, 6.45) is 0. The normalized spacial score (nSPS) is 13.0. The molecule has 0 spiro atoms. The lowest BCUT2D eigenvalue weighted by atomic mass is 10.1. The Bertz CT molecular complexity index is 1390. The van der Waals surface area contributed by atoms with E-state index in [-0.39, 0.29) is 16.9 Å². The molecule has 0 fully saturated rings. The van der Waals surface area contributed by atoms with E-state index in [1.165, 1.54) is 11.3 Å². The van der Waals surface area contributed by atoms with Crippen LogP contribution >= 0.6 is 22.9 Å². The van der Waals surface area contributed by atoms with Crippen LogP contribution in [-0.4, -0.2) is 21.4 Å². The summed E-state index contributed by atoms with van der Waals surface area (Å²) in [6.45, 7) is 0. The number of aromatic nitrogens is 2. The van der Waals surface area contributed by atoms with Gasteiger partial charge in [0.25, 0.3) is 17.4 Å². The molecule has 29 heavy (non-hydrogen) atoms. The lowest BCUT2D eigenvalue weighted by Crippen LogP contribution is -2.24. The van der Waals surface area contributed by atoms with E-state index >= 15 is 0 Å². The molecule has 142 valence electrons. The zero-order valence-corrected chi connectivity index (χ0v) is 16.2. The molecule has 7 nitrogen and oxygen atoms in total. The SMILES string of the molecule is Nc1c2c(cc(=O)n1-c1ccc(-c3nc4ccccc4s3)c(Cl)c1)C(=O)NC2=O. The van der Waals surface area contributed by atoms with Crippen molar-refractivity contribution in [3.05, 3.63) is 75.0 Å². The van der Waals surface area contributed by atoms with Crippen LogP contribution in [0.4, 0.5) is 5.82 Å². The summed E-state index contributed by atoms with van der Waals surface area (Å²) >= 11 is 8.00. The topological polar surface area (TPSA) is 107 Å². The minimum absolute atomic E-state index is 0.0130. The van der Waals surface area contributed by atoms with Gasteiger partial charge in [-0.1, -0.05) is 23.7 Å². The van der Waals surface area contributed by atoms with E-state index in [4.69, 9.17) is 17.3 Å². The lowest BCUT2D eigenvalue weighted by molar-refractivity contribution is 0.0880. The number of imide groups is 1. The van der Waals surface area contributed by atoms with E-state index < -0.39 is 17.4 Å². The van der Waals surface area contributed by atoms with Gasteiger partial charge in [-0.25, -0.2) is 4.98 Å². The quantitative estimate of drug-likeness (QED) is 0.482. The van der Waals surface area contributed by atoms with Crippen molar-refractivity contribution in [1.82, 2.24) is 14.9 Å². The summed E-state index contributed by atoms with van der Waals surface area (Å²) in [4.78, 5) is 41.0. The van der Waals surface area contributed by atoms with Crippen LogP contribution in [0.25, 0.3) is 26.5 Å². The van der Waals surface area contributed by atoms with Gasteiger partial charge in [-0.3, -0.25) is 24.3 Å². The first-order valence-corrected chi connectivity index (χ1v) is 9.70. The van der Waals surface area contributed by atoms with E-state index in [0.717, 1.165) is 31.4 Å².